The van der Waals surface area contributed by atoms with Crippen LogP contribution in [-0.2, 0) is 4.74 Å². The number of ether oxygens (including phenoxy) is 1. The summed E-state index contributed by atoms with van der Waals surface area (Å²) < 4.78 is 7.37. The van der Waals surface area contributed by atoms with Crippen molar-refractivity contribution in [1.29, 1.82) is 0 Å². The number of aliphatic hydroxyl groups is 1. The maximum atomic E-state index is 8.88. The van der Waals surface area contributed by atoms with Crippen LogP contribution in [0.4, 0.5) is 5.95 Å². The standard InChI is InChI=1S/C20H23N7O2/c28-7-8-29-15-3-1-14(2-4-15)25-20-22-11-17-16(10-21-19(17)26-20)13-5-6-27-18(9-13)23-12-24-27/h5-6,9-12,14-15,28H,1-4,7-8H2,(H2,21,22,25,26). The lowest BCUT2D eigenvalue weighted by Gasteiger charge is -2.28. The average molecular weight is 393 g/mol. The monoisotopic (exact) mass is 393 g/mol. The maximum absolute atomic E-state index is 8.88. The molecule has 0 spiro atoms. The number of aromatic nitrogens is 6. The molecule has 0 unspecified atom stereocenters. The molecule has 5 rings (SSSR count). The van der Waals surface area contributed by atoms with Gasteiger partial charge >= 0.3 is 0 Å². The van der Waals surface area contributed by atoms with E-state index in [0.717, 1.165) is 53.5 Å². The largest absolute Gasteiger partial charge is 0.394 e. The Hall–Kier alpha value is -3.04. The Morgan fingerprint density at radius 1 is 1.24 bits per heavy atom. The second-order valence-corrected chi connectivity index (χ2v) is 7.35. The molecule has 0 amide bonds. The minimum atomic E-state index is 0.0804. The van der Waals surface area contributed by atoms with Gasteiger partial charge in [0.2, 0.25) is 5.95 Å². The molecule has 150 valence electrons. The van der Waals surface area contributed by atoms with E-state index in [0.29, 0.717) is 18.6 Å². The zero-order valence-electron chi connectivity index (χ0n) is 16.0. The first-order valence-electron chi connectivity index (χ1n) is 9.93. The van der Waals surface area contributed by atoms with Gasteiger partial charge in [0.15, 0.2) is 5.65 Å². The first-order chi connectivity index (χ1) is 14.3. The van der Waals surface area contributed by atoms with Crippen LogP contribution >= 0.6 is 0 Å². The highest BCUT2D eigenvalue weighted by atomic mass is 16.5. The van der Waals surface area contributed by atoms with E-state index < -0.39 is 0 Å². The fraction of sp³-hybridized carbons (Fsp3) is 0.400. The number of rotatable bonds is 6. The van der Waals surface area contributed by atoms with Crippen molar-refractivity contribution in [3.8, 4) is 11.1 Å². The summed E-state index contributed by atoms with van der Waals surface area (Å²) in [6.45, 7) is 0.499. The molecule has 4 aromatic heterocycles. The molecule has 4 aromatic rings. The van der Waals surface area contributed by atoms with Crippen LogP contribution in [0.5, 0.6) is 0 Å². The van der Waals surface area contributed by atoms with Crippen molar-refractivity contribution in [1.82, 2.24) is 29.5 Å². The van der Waals surface area contributed by atoms with Crippen molar-refractivity contribution >= 4 is 22.6 Å². The van der Waals surface area contributed by atoms with E-state index in [1.165, 1.54) is 0 Å². The molecule has 1 saturated carbocycles. The van der Waals surface area contributed by atoms with Gasteiger partial charge in [0, 0.05) is 35.6 Å². The molecule has 9 heteroatoms. The SMILES string of the molecule is OCCOC1CCC(Nc2ncc3c(-c4ccn5ncnc5c4)c[nH]c3n2)CC1. The highest BCUT2D eigenvalue weighted by molar-refractivity contribution is 5.93. The van der Waals surface area contributed by atoms with E-state index in [1.54, 1.807) is 10.8 Å². The molecule has 29 heavy (non-hydrogen) atoms. The predicted molar refractivity (Wildman–Crippen MR) is 109 cm³/mol. The summed E-state index contributed by atoms with van der Waals surface area (Å²) in [4.78, 5) is 16.7. The Bertz CT molecular complexity index is 1110. The van der Waals surface area contributed by atoms with Crippen LogP contribution in [-0.4, -0.2) is 60.0 Å². The number of nitrogens with one attached hydrogen (secondary N) is 2. The summed E-state index contributed by atoms with van der Waals surface area (Å²) in [6, 6.07) is 4.35. The van der Waals surface area contributed by atoms with Crippen molar-refractivity contribution in [2.75, 3.05) is 18.5 Å². The summed E-state index contributed by atoms with van der Waals surface area (Å²) in [5.41, 5.74) is 3.69. The molecular weight excluding hydrogens is 370 g/mol. The molecule has 0 aliphatic heterocycles. The van der Waals surface area contributed by atoms with Crippen molar-refractivity contribution in [2.45, 2.75) is 37.8 Å². The zero-order valence-corrected chi connectivity index (χ0v) is 16.0. The minimum Gasteiger partial charge on any atom is -0.394 e. The van der Waals surface area contributed by atoms with E-state index in [2.05, 4.69) is 30.4 Å². The van der Waals surface area contributed by atoms with E-state index in [-0.39, 0.29) is 12.7 Å². The Balaban J connectivity index is 1.30. The third kappa shape index (κ3) is 3.66. The van der Waals surface area contributed by atoms with Gasteiger partial charge in [-0.2, -0.15) is 10.1 Å². The van der Waals surface area contributed by atoms with Crippen LogP contribution in [0.15, 0.2) is 37.1 Å². The van der Waals surface area contributed by atoms with Crippen LogP contribution in [0.2, 0.25) is 0 Å². The van der Waals surface area contributed by atoms with Gasteiger partial charge in [0.05, 0.1) is 19.3 Å². The Kier molecular flexibility index (Phi) is 4.82. The summed E-state index contributed by atoms with van der Waals surface area (Å²) >= 11 is 0. The number of hydrogen-bond donors (Lipinski definition) is 3. The molecular formula is C20H23N7O2. The smallest absolute Gasteiger partial charge is 0.224 e. The lowest BCUT2D eigenvalue weighted by Crippen LogP contribution is -2.30. The normalized spacial score (nSPS) is 19.8. The van der Waals surface area contributed by atoms with Gasteiger partial charge in [-0.3, -0.25) is 0 Å². The lowest BCUT2D eigenvalue weighted by molar-refractivity contribution is 0.00719. The second-order valence-electron chi connectivity index (χ2n) is 7.35. The molecule has 4 heterocycles. The van der Waals surface area contributed by atoms with Gasteiger partial charge < -0.3 is 20.1 Å². The van der Waals surface area contributed by atoms with Crippen LogP contribution in [0.1, 0.15) is 25.7 Å². The Morgan fingerprint density at radius 3 is 3.00 bits per heavy atom. The summed E-state index contributed by atoms with van der Waals surface area (Å²) in [7, 11) is 0. The molecule has 0 atom stereocenters. The van der Waals surface area contributed by atoms with E-state index in [4.69, 9.17) is 9.84 Å². The molecule has 0 saturated heterocycles. The lowest BCUT2D eigenvalue weighted by atomic mass is 9.93. The zero-order chi connectivity index (χ0) is 19.6. The van der Waals surface area contributed by atoms with Crippen LogP contribution < -0.4 is 5.32 Å². The molecule has 0 aromatic carbocycles. The first kappa shape index (κ1) is 18.0. The summed E-state index contributed by atoms with van der Waals surface area (Å²) in [5, 5.41) is 17.4. The number of aromatic amines is 1. The maximum Gasteiger partial charge on any atom is 0.224 e. The van der Waals surface area contributed by atoms with Gasteiger partial charge in [0.25, 0.3) is 0 Å². The molecule has 0 radical (unpaired) electrons. The number of anilines is 1. The number of nitrogens with zero attached hydrogens (tertiary/aromatic N) is 5. The van der Waals surface area contributed by atoms with E-state index >= 15 is 0 Å². The Labute approximate surface area is 167 Å². The third-order valence-corrected chi connectivity index (χ3v) is 5.48. The quantitative estimate of drug-likeness (QED) is 0.461. The molecule has 1 fully saturated rings. The van der Waals surface area contributed by atoms with Gasteiger partial charge in [0.1, 0.15) is 12.0 Å². The van der Waals surface area contributed by atoms with Gasteiger partial charge in [-0.05, 0) is 43.4 Å². The number of pyridine rings is 1. The second kappa shape index (κ2) is 7.76. The van der Waals surface area contributed by atoms with Crippen molar-refractivity contribution in [3.05, 3.63) is 37.1 Å². The molecule has 1 aliphatic carbocycles. The summed E-state index contributed by atoms with van der Waals surface area (Å²) in [5.74, 6) is 0.638. The van der Waals surface area contributed by atoms with Gasteiger partial charge in [-0.15, -0.1) is 0 Å². The Morgan fingerprint density at radius 2 is 2.14 bits per heavy atom. The molecule has 1 aliphatic rings. The number of aliphatic hydroxyl groups excluding tert-OH is 1. The van der Waals surface area contributed by atoms with E-state index in [1.807, 2.05) is 30.7 Å². The fourth-order valence-corrected chi connectivity index (χ4v) is 3.97. The number of hydrogen-bond acceptors (Lipinski definition) is 7. The highest BCUT2D eigenvalue weighted by Gasteiger charge is 2.22. The molecule has 3 N–H and O–H groups in total. The highest BCUT2D eigenvalue weighted by Crippen LogP contribution is 2.29. The fourth-order valence-electron chi connectivity index (χ4n) is 3.97. The number of H-pyrrole nitrogens is 1. The third-order valence-electron chi connectivity index (χ3n) is 5.48. The van der Waals surface area contributed by atoms with Crippen LogP contribution in [0.25, 0.3) is 27.8 Å². The minimum absolute atomic E-state index is 0.0804. The van der Waals surface area contributed by atoms with E-state index in [9.17, 15) is 0 Å². The molecule has 9 nitrogen and oxygen atoms in total. The van der Waals surface area contributed by atoms with Crippen LogP contribution in [0.3, 0.4) is 0 Å². The average Bonchev–Trinajstić information content (AvgIpc) is 3.39. The van der Waals surface area contributed by atoms with Gasteiger partial charge in [-0.25, -0.2) is 14.5 Å². The predicted octanol–water partition coefficient (Wildman–Crippen LogP) is 2.40. The first-order valence-corrected chi connectivity index (χ1v) is 9.93. The van der Waals surface area contributed by atoms with Gasteiger partial charge in [-0.1, -0.05) is 0 Å². The summed E-state index contributed by atoms with van der Waals surface area (Å²) in [6.07, 6.45) is 11.5. The topological polar surface area (TPSA) is 113 Å². The van der Waals surface area contributed by atoms with Crippen molar-refractivity contribution < 1.29 is 9.84 Å². The number of fused-ring (bicyclic) bond motifs is 2. The molecule has 0 bridgehead atoms. The van der Waals surface area contributed by atoms with Crippen LogP contribution in [0, 0.1) is 0 Å². The van der Waals surface area contributed by atoms with Crippen molar-refractivity contribution in [3.63, 3.8) is 0 Å². The van der Waals surface area contributed by atoms with Crippen molar-refractivity contribution in [2.24, 2.45) is 0 Å².